The number of carbonyl (C=O) groups is 1. The maximum Gasteiger partial charge on any atom is 0.319 e. The minimum absolute atomic E-state index is 0.285. The predicted octanol–water partition coefficient (Wildman–Crippen LogP) is 2.78. The maximum absolute atomic E-state index is 11.5. The Morgan fingerprint density at radius 1 is 1.37 bits per heavy atom. The van der Waals surface area contributed by atoms with E-state index in [0.717, 1.165) is 5.56 Å². The van der Waals surface area contributed by atoms with E-state index < -0.39 is 0 Å². The van der Waals surface area contributed by atoms with Gasteiger partial charge < -0.3 is 9.15 Å². The van der Waals surface area contributed by atoms with Crippen LogP contribution >= 0.6 is 11.8 Å². The normalized spacial score (nSPS) is 12.1. The first-order chi connectivity index (χ1) is 9.20. The van der Waals surface area contributed by atoms with E-state index in [1.807, 2.05) is 30.3 Å². The third-order valence-electron chi connectivity index (χ3n) is 2.32. The van der Waals surface area contributed by atoms with Crippen molar-refractivity contribution in [1.82, 2.24) is 10.2 Å². The molecule has 1 aromatic carbocycles. The van der Waals surface area contributed by atoms with Gasteiger partial charge in [-0.05, 0) is 26.0 Å². The molecule has 0 aliphatic carbocycles. The van der Waals surface area contributed by atoms with Gasteiger partial charge in [0.15, 0.2) is 0 Å². The summed E-state index contributed by atoms with van der Waals surface area (Å²) < 4.78 is 10.4. The van der Waals surface area contributed by atoms with Crippen molar-refractivity contribution in [2.24, 2.45) is 0 Å². The fourth-order valence-corrected chi connectivity index (χ4v) is 2.10. The number of benzene rings is 1. The first kappa shape index (κ1) is 13.6. The van der Waals surface area contributed by atoms with Crippen LogP contribution in [0.2, 0.25) is 0 Å². The van der Waals surface area contributed by atoms with Crippen LogP contribution in [-0.4, -0.2) is 28.0 Å². The topological polar surface area (TPSA) is 65.2 Å². The lowest BCUT2D eigenvalue weighted by molar-refractivity contribution is -0.142. The number of hydrogen-bond acceptors (Lipinski definition) is 6. The summed E-state index contributed by atoms with van der Waals surface area (Å²) in [5.41, 5.74) is 0.852. The van der Waals surface area contributed by atoms with Crippen LogP contribution in [0.4, 0.5) is 0 Å². The van der Waals surface area contributed by atoms with Gasteiger partial charge in [0, 0.05) is 5.56 Å². The highest BCUT2D eigenvalue weighted by Gasteiger charge is 2.19. The monoisotopic (exact) mass is 278 g/mol. The number of nitrogens with zero attached hydrogens (tertiary/aromatic N) is 2. The highest BCUT2D eigenvalue weighted by molar-refractivity contribution is 8.00. The van der Waals surface area contributed by atoms with Crippen LogP contribution in [0, 0.1) is 0 Å². The number of thioether (sulfide) groups is 1. The molecule has 0 radical (unpaired) electrons. The molecule has 1 heterocycles. The van der Waals surface area contributed by atoms with Gasteiger partial charge in [0.1, 0.15) is 5.25 Å². The van der Waals surface area contributed by atoms with Gasteiger partial charge in [-0.25, -0.2) is 0 Å². The van der Waals surface area contributed by atoms with E-state index >= 15 is 0 Å². The Hall–Kier alpha value is -1.82. The lowest BCUT2D eigenvalue weighted by atomic mass is 10.2. The summed E-state index contributed by atoms with van der Waals surface area (Å²) in [4.78, 5) is 11.5. The van der Waals surface area contributed by atoms with Crippen molar-refractivity contribution in [3.8, 4) is 11.5 Å². The van der Waals surface area contributed by atoms with E-state index in [1.54, 1.807) is 13.8 Å². The molecule has 0 spiro atoms. The number of ether oxygens (including phenoxy) is 1. The van der Waals surface area contributed by atoms with E-state index in [4.69, 9.17) is 9.15 Å². The van der Waals surface area contributed by atoms with Crippen molar-refractivity contribution < 1.29 is 13.9 Å². The lowest BCUT2D eigenvalue weighted by Gasteiger charge is -2.06. The summed E-state index contributed by atoms with van der Waals surface area (Å²) in [7, 11) is 0. The van der Waals surface area contributed by atoms with Gasteiger partial charge >= 0.3 is 5.97 Å². The minimum Gasteiger partial charge on any atom is -0.465 e. The van der Waals surface area contributed by atoms with Gasteiger partial charge in [-0.15, -0.1) is 10.2 Å². The fourth-order valence-electron chi connectivity index (χ4n) is 1.41. The zero-order valence-electron chi connectivity index (χ0n) is 10.7. The standard InChI is InChI=1S/C13H14N2O3S/c1-3-17-12(16)9(2)19-13-15-14-11(18-13)10-7-5-4-6-8-10/h4-9H,3H2,1-2H3. The third kappa shape index (κ3) is 3.57. The summed E-state index contributed by atoms with van der Waals surface area (Å²) in [5, 5.41) is 7.86. The second kappa shape index (κ2) is 6.38. The molecular weight excluding hydrogens is 264 g/mol. The average molecular weight is 278 g/mol. The largest absolute Gasteiger partial charge is 0.465 e. The molecule has 0 bridgehead atoms. The molecule has 1 aromatic heterocycles. The summed E-state index contributed by atoms with van der Waals surface area (Å²) >= 11 is 1.19. The van der Waals surface area contributed by atoms with Crippen LogP contribution in [0.15, 0.2) is 40.0 Å². The molecule has 0 N–H and O–H groups in total. The average Bonchev–Trinajstić information content (AvgIpc) is 2.88. The van der Waals surface area contributed by atoms with Crippen molar-refractivity contribution >= 4 is 17.7 Å². The summed E-state index contributed by atoms with van der Waals surface area (Å²) in [6, 6.07) is 9.48. The van der Waals surface area contributed by atoms with E-state index in [2.05, 4.69) is 10.2 Å². The van der Waals surface area contributed by atoms with Gasteiger partial charge in [0.2, 0.25) is 5.89 Å². The Kier molecular flexibility index (Phi) is 4.57. The van der Waals surface area contributed by atoms with E-state index in [1.165, 1.54) is 11.8 Å². The van der Waals surface area contributed by atoms with E-state index in [-0.39, 0.29) is 11.2 Å². The molecule has 2 aromatic rings. The van der Waals surface area contributed by atoms with Crippen molar-refractivity contribution in [1.29, 1.82) is 0 Å². The Morgan fingerprint density at radius 3 is 2.79 bits per heavy atom. The Morgan fingerprint density at radius 2 is 2.11 bits per heavy atom. The summed E-state index contributed by atoms with van der Waals surface area (Å²) in [6.45, 7) is 3.88. The third-order valence-corrected chi connectivity index (χ3v) is 3.24. The number of hydrogen-bond donors (Lipinski definition) is 0. The van der Waals surface area contributed by atoms with Gasteiger partial charge in [-0.2, -0.15) is 0 Å². The highest BCUT2D eigenvalue weighted by Crippen LogP contribution is 2.26. The SMILES string of the molecule is CCOC(=O)C(C)Sc1nnc(-c2ccccc2)o1. The summed E-state index contributed by atoms with van der Waals surface area (Å²) in [5.74, 6) is 0.158. The Labute approximate surface area is 115 Å². The van der Waals surface area contributed by atoms with E-state index in [9.17, 15) is 4.79 Å². The molecule has 2 rings (SSSR count). The number of carbonyl (C=O) groups excluding carboxylic acids is 1. The van der Waals surface area contributed by atoms with Crippen LogP contribution in [0.5, 0.6) is 0 Å². The van der Waals surface area contributed by atoms with Gasteiger partial charge in [0.25, 0.3) is 5.22 Å². The van der Waals surface area contributed by atoms with Crippen molar-refractivity contribution in [3.63, 3.8) is 0 Å². The molecule has 1 unspecified atom stereocenters. The molecule has 0 aliphatic rings. The molecule has 0 amide bonds. The quantitative estimate of drug-likeness (QED) is 0.619. The van der Waals surface area contributed by atoms with Gasteiger partial charge in [-0.3, -0.25) is 4.79 Å². The maximum atomic E-state index is 11.5. The molecule has 0 saturated heterocycles. The van der Waals surface area contributed by atoms with Gasteiger partial charge in [-0.1, -0.05) is 30.0 Å². The summed E-state index contributed by atoms with van der Waals surface area (Å²) in [6.07, 6.45) is 0. The van der Waals surface area contributed by atoms with Crippen LogP contribution in [0.25, 0.3) is 11.5 Å². The second-order valence-corrected chi connectivity index (χ2v) is 5.04. The molecule has 0 saturated carbocycles. The van der Waals surface area contributed by atoms with Crippen molar-refractivity contribution in [2.45, 2.75) is 24.3 Å². The predicted molar refractivity (Wildman–Crippen MR) is 71.7 cm³/mol. The minimum atomic E-state index is -0.371. The molecule has 100 valence electrons. The van der Waals surface area contributed by atoms with E-state index in [0.29, 0.717) is 17.7 Å². The Bertz CT molecular complexity index is 542. The zero-order chi connectivity index (χ0) is 13.7. The van der Waals surface area contributed by atoms with Crippen LogP contribution in [0.3, 0.4) is 0 Å². The van der Waals surface area contributed by atoms with Crippen LogP contribution in [0.1, 0.15) is 13.8 Å². The number of esters is 1. The first-order valence-electron chi connectivity index (χ1n) is 5.93. The fraction of sp³-hybridized carbons (Fsp3) is 0.308. The highest BCUT2D eigenvalue weighted by atomic mass is 32.2. The van der Waals surface area contributed by atoms with Crippen LogP contribution in [-0.2, 0) is 9.53 Å². The Balaban J connectivity index is 2.04. The first-order valence-corrected chi connectivity index (χ1v) is 6.81. The molecule has 0 aliphatic heterocycles. The molecule has 0 fully saturated rings. The molecule has 19 heavy (non-hydrogen) atoms. The molecule has 6 heteroatoms. The van der Waals surface area contributed by atoms with Crippen molar-refractivity contribution in [2.75, 3.05) is 6.61 Å². The lowest BCUT2D eigenvalue weighted by Crippen LogP contribution is -2.16. The molecule has 5 nitrogen and oxygen atoms in total. The molecule has 1 atom stereocenters. The van der Waals surface area contributed by atoms with Crippen molar-refractivity contribution in [3.05, 3.63) is 30.3 Å². The second-order valence-electron chi connectivity index (χ2n) is 3.75. The number of aromatic nitrogens is 2. The zero-order valence-corrected chi connectivity index (χ0v) is 11.5. The number of rotatable bonds is 5. The molecular formula is C13H14N2O3S. The van der Waals surface area contributed by atoms with Gasteiger partial charge in [0.05, 0.1) is 6.61 Å². The van der Waals surface area contributed by atoms with Crippen LogP contribution < -0.4 is 0 Å². The smallest absolute Gasteiger partial charge is 0.319 e.